The summed E-state index contributed by atoms with van der Waals surface area (Å²) in [5.41, 5.74) is -2.54. The number of carboxylic acids is 1. The maximum absolute atomic E-state index is 13.0. The van der Waals surface area contributed by atoms with Crippen LogP contribution in [-0.4, -0.2) is 27.0 Å². The fourth-order valence-electron chi connectivity index (χ4n) is 1.46. The van der Waals surface area contributed by atoms with E-state index < -0.39 is 23.7 Å². The zero-order valence-electron chi connectivity index (χ0n) is 7.25. The Kier molecular flexibility index (Phi) is 1.94. The third-order valence-electron chi connectivity index (χ3n) is 2.39. The number of carbonyl (C=O) groups is 1. The Labute approximate surface area is 87.9 Å². The minimum absolute atomic E-state index is 0.101. The van der Waals surface area contributed by atoms with Crippen LogP contribution in [0.5, 0.6) is 0 Å². The normalized spacial score (nSPS) is 27.4. The molecule has 0 radical (unpaired) electrons. The molecular formula is C8H5ClF2N2O2. The van der Waals surface area contributed by atoms with Crippen LogP contribution in [0.2, 0.25) is 5.15 Å². The van der Waals surface area contributed by atoms with Crippen LogP contribution in [0.1, 0.15) is 12.1 Å². The molecule has 0 aliphatic heterocycles. The quantitative estimate of drug-likeness (QED) is 0.842. The molecule has 0 amide bonds. The van der Waals surface area contributed by atoms with Gasteiger partial charge in [0.15, 0.2) is 5.41 Å². The summed E-state index contributed by atoms with van der Waals surface area (Å²) in [4.78, 5) is 17.9. The van der Waals surface area contributed by atoms with E-state index in [2.05, 4.69) is 9.97 Å². The van der Waals surface area contributed by atoms with Gasteiger partial charge in [-0.3, -0.25) is 9.78 Å². The van der Waals surface area contributed by atoms with Crippen molar-refractivity contribution in [1.82, 2.24) is 9.97 Å². The van der Waals surface area contributed by atoms with E-state index in [4.69, 9.17) is 16.7 Å². The summed E-state index contributed by atoms with van der Waals surface area (Å²) in [6.07, 6.45) is 1.40. The average Bonchev–Trinajstić information content (AvgIpc) is 2.71. The first-order valence-electron chi connectivity index (χ1n) is 3.99. The van der Waals surface area contributed by atoms with Crippen LogP contribution in [0.25, 0.3) is 0 Å². The molecule has 1 saturated carbocycles. The van der Waals surface area contributed by atoms with Gasteiger partial charge >= 0.3 is 5.97 Å². The summed E-state index contributed by atoms with van der Waals surface area (Å²) in [6.45, 7) is 0. The standard InChI is InChI=1S/C8H5ClF2N2O2/c9-5-2-12-1-4(13-5)7(6(14)15)3-8(7,10)11/h1-2H,3H2,(H,14,15). The van der Waals surface area contributed by atoms with Crippen LogP contribution in [0, 0.1) is 0 Å². The number of rotatable bonds is 2. The van der Waals surface area contributed by atoms with E-state index in [-0.39, 0.29) is 10.8 Å². The van der Waals surface area contributed by atoms with Gasteiger partial charge in [0.1, 0.15) is 5.15 Å². The van der Waals surface area contributed by atoms with Gasteiger partial charge in [-0.1, -0.05) is 11.6 Å². The molecule has 1 aliphatic carbocycles. The molecule has 4 nitrogen and oxygen atoms in total. The number of nitrogens with zero attached hydrogens (tertiary/aromatic N) is 2. The van der Waals surface area contributed by atoms with Crippen molar-refractivity contribution >= 4 is 17.6 Å². The molecule has 1 N–H and O–H groups in total. The molecule has 1 atom stereocenters. The lowest BCUT2D eigenvalue weighted by Crippen LogP contribution is -2.28. The van der Waals surface area contributed by atoms with Crippen LogP contribution in [0.3, 0.4) is 0 Å². The zero-order chi connectivity index (χ0) is 11.3. The molecule has 0 bridgehead atoms. The van der Waals surface area contributed by atoms with Crippen molar-refractivity contribution < 1.29 is 18.7 Å². The number of alkyl halides is 2. The van der Waals surface area contributed by atoms with Crippen molar-refractivity contribution in [1.29, 1.82) is 0 Å². The summed E-state index contributed by atoms with van der Waals surface area (Å²) in [5.74, 6) is -4.89. The van der Waals surface area contributed by atoms with Gasteiger partial charge in [0.05, 0.1) is 11.9 Å². The molecule has 80 valence electrons. The Balaban J connectivity index is 2.50. The Morgan fingerprint density at radius 1 is 1.53 bits per heavy atom. The van der Waals surface area contributed by atoms with Gasteiger partial charge in [0.25, 0.3) is 5.92 Å². The van der Waals surface area contributed by atoms with Gasteiger partial charge < -0.3 is 5.11 Å². The Bertz CT molecular complexity index is 440. The first-order valence-corrected chi connectivity index (χ1v) is 4.37. The van der Waals surface area contributed by atoms with Crippen LogP contribution < -0.4 is 0 Å². The zero-order valence-corrected chi connectivity index (χ0v) is 8.00. The van der Waals surface area contributed by atoms with E-state index in [0.29, 0.717) is 0 Å². The monoisotopic (exact) mass is 234 g/mol. The van der Waals surface area contributed by atoms with Gasteiger partial charge in [0, 0.05) is 12.6 Å². The second-order valence-corrected chi connectivity index (χ2v) is 3.71. The molecular weight excluding hydrogens is 230 g/mol. The molecule has 15 heavy (non-hydrogen) atoms. The topological polar surface area (TPSA) is 63.1 Å². The number of carboxylic acid groups (broad SMARTS) is 1. The molecule has 0 spiro atoms. The average molecular weight is 235 g/mol. The maximum atomic E-state index is 13.0. The summed E-state index contributed by atoms with van der Waals surface area (Å²) in [7, 11) is 0. The van der Waals surface area contributed by atoms with E-state index in [9.17, 15) is 13.6 Å². The minimum Gasteiger partial charge on any atom is -0.480 e. The third kappa shape index (κ3) is 1.28. The first kappa shape index (κ1) is 10.2. The Hall–Kier alpha value is -1.30. The van der Waals surface area contributed by atoms with Gasteiger partial charge in [-0.05, 0) is 0 Å². The molecule has 1 heterocycles. The Morgan fingerprint density at radius 3 is 2.53 bits per heavy atom. The third-order valence-corrected chi connectivity index (χ3v) is 2.58. The highest BCUT2D eigenvalue weighted by Crippen LogP contribution is 2.61. The van der Waals surface area contributed by atoms with Crippen molar-refractivity contribution in [2.45, 2.75) is 17.8 Å². The van der Waals surface area contributed by atoms with Crippen molar-refractivity contribution in [3.63, 3.8) is 0 Å². The molecule has 1 aliphatic rings. The largest absolute Gasteiger partial charge is 0.480 e. The summed E-state index contributed by atoms with van der Waals surface area (Å²) in [5, 5.41) is 8.69. The lowest BCUT2D eigenvalue weighted by Gasteiger charge is -2.09. The first-order chi connectivity index (χ1) is 6.90. The predicted octanol–water partition coefficient (Wildman–Crippen LogP) is 1.49. The summed E-state index contributed by atoms with van der Waals surface area (Å²) in [6, 6.07) is 0. The van der Waals surface area contributed by atoms with Gasteiger partial charge in [-0.2, -0.15) is 0 Å². The van der Waals surface area contributed by atoms with E-state index in [1.807, 2.05) is 0 Å². The van der Waals surface area contributed by atoms with Gasteiger partial charge in [0.2, 0.25) is 0 Å². The van der Waals surface area contributed by atoms with Crippen LogP contribution in [-0.2, 0) is 10.2 Å². The number of hydrogen-bond acceptors (Lipinski definition) is 3. The minimum atomic E-state index is -3.28. The van der Waals surface area contributed by atoms with Crippen molar-refractivity contribution in [3.8, 4) is 0 Å². The number of aromatic nitrogens is 2. The van der Waals surface area contributed by atoms with Gasteiger partial charge in [-0.25, -0.2) is 13.8 Å². The van der Waals surface area contributed by atoms with E-state index in [0.717, 1.165) is 12.4 Å². The lowest BCUT2D eigenvalue weighted by molar-refractivity contribution is -0.143. The second-order valence-electron chi connectivity index (χ2n) is 3.32. The van der Waals surface area contributed by atoms with E-state index >= 15 is 0 Å². The highest BCUT2D eigenvalue weighted by molar-refractivity contribution is 6.29. The molecule has 7 heteroatoms. The SMILES string of the molecule is O=C(O)C1(c2cncc(Cl)n2)CC1(F)F. The van der Waals surface area contributed by atoms with Crippen LogP contribution in [0.4, 0.5) is 8.78 Å². The van der Waals surface area contributed by atoms with Crippen LogP contribution in [0.15, 0.2) is 12.4 Å². The van der Waals surface area contributed by atoms with Gasteiger partial charge in [-0.15, -0.1) is 0 Å². The fourth-order valence-corrected chi connectivity index (χ4v) is 1.60. The molecule has 2 rings (SSSR count). The summed E-state index contributed by atoms with van der Waals surface area (Å²) < 4.78 is 26.1. The molecule has 0 saturated heterocycles. The van der Waals surface area contributed by atoms with E-state index in [1.165, 1.54) is 0 Å². The highest BCUT2D eigenvalue weighted by atomic mass is 35.5. The predicted molar refractivity (Wildman–Crippen MR) is 45.9 cm³/mol. The maximum Gasteiger partial charge on any atom is 0.322 e. The van der Waals surface area contributed by atoms with Crippen molar-refractivity contribution in [2.75, 3.05) is 0 Å². The second kappa shape index (κ2) is 2.85. The lowest BCUT2D eigenvalue weighted by atomic mass is 10.0. The van der Waals surface area contributed by atoms with Crippen LogP contribution >= 0.6 is 11.6 Å². The van der Waals surface area contributed by atoms with Crippen molar-refractivity contribution in [2.24, 2.45) is 0 Å². The molecule has 1 aromatic heterocycles. The van der Waals surface area contributed by atoms with Crippen molar-refractivity contribution in [3.05, 3.63) is 23.2 Å². The summed E-state index contributed by atoms with van der Waals surface area (Å²) >= 11 is 5.47. The molecule has 0 aromatic carbocycles. The van der Waals surface area contributed by atoms with E-state index in [1.54, 1.807) is 0 Å². The number of hydrogen-bond donors (Lipinski definition) is 1. The number of halogens is 3. The smallest absolute Gasteiger partial charge is 0.322 e. The Morgan fingerprint density at radius 2 is 2.13 bits per heavy atom. The number of aliphatic carboxylic acids is 1. The highest BCUT2D eigenvalue weighted by Gasteiger charge is 2.78. The molecule has 1 fully saturated rings. The molecule has 1 aromatic rings. The molecule has 1 unspecified atom stereocenters. The fraction of sp³-hybridized carbons (Fsp3) is 0.375.